The number of hydrogen-bond donors (Lipinski definition) is 0. The Labute approximate surface area is 322 Å². The lowest BCUT2D eigenvalue weighted by atomic mass is 10.00. The molecule has 9 aromatic carbocycles. The summed E-state index contributed by atoms with van der Waals surface area (Å²) in [7, 11) is 0. The Morgan fingerprint density at radius 3 is 1.76 bits per heavy atom. The Bertz CT molecular complexity index is 3190. The molecule has 0 spiro atoms. The second-order valence-electron chi connectivity index (χ2n) is 14.1. The fraction of sp³-hybridized carbons (Fsp3) is 0. The molecule has 0 aliphatic heterocycles. The highest BCUT2D eigenvalue weighted by Gasteiger charge is 2.18. The van der Waals surface area contributed by atoms with Gasteiger partial charge in [0.2, 0.25) is 0 Å². The molecule has 0 atom stereocenters. The van der Waals surface area contributed by atoms with Crippen molar-refractivity contribution in [3.8, 4) is 33.4 Å². The van der Waals surface area contributed by atoms with Crippen LogP contribution < -0.4 is 4.90 Å². The molecule has 11 aromatic rings. The van der Waals surface area contributed by atoms with E-state index in [2.05, 4.69) is 205 Å². The molecule has 258 valence electrons. The summed E-state index contributed by atoms with van der Waals surface area (Å²) in [6, 6.07) is 72.0. The Balaban J connectivity index is 1.03. The molecular formula is C52H33NOS. The number of nitrogens with zero attached hydrogens (tertiary/aromatic N) is 1. The van der Waals surface area contributed by atoms with Crippen molar-refractivity contribution >= 4 is 81.3 Å². The maximum atomic E-state index is 6.71. The lowest BCUT2D eigenvalue weighted by Crippen LogP contribution is -2.10. The minimum Gasteiger partial charge on any atom is -0.455 e. The van der Waals surface area contributed by atoms with Crippen LogP contribution in [-0.2, 0) is 0 Å². The largest absolute Gasteiger partial charge is 0.455 e. The monoisotopic (exact) mass is 719 g/mol. The van der Waals surface area contributed by atoms with Gasteiger partial charge in [0.1, 0.15) is 11.2 Å². The number of hydrogen-bond acceptors (Lipinski definition) is 3. The van der Waals surface area contributed by atoms with Crippen LogP contribution in [0.5, 0.6) is 0 Å². The molecule has 0 saturated carbocycles. The number of benzene rings is 9. The molecule has 0 amide bonds. The Morgan fingerprint density at radius 1 is 0.345 bits per heavy atom. The first-order chi connectivity index (χ1) is 27.3. The summed E-state index contributed by atoms with van der Waals surface area (Å²) < 4.78 is 9.34. The second kappa shape index (κ2) is 12.9. The van der Waals surface area contributed by atoms with Gasteiger partial charge in [0.25, 0.3) is 0 Å². The average Bonchev–Trinajstić information content (AvgIpc) is 3.84. The summed E-state index contributed by atoms with van der Waals surface area (Å²) in [5.74, 6) is 0. The lowest BCUT2D eigenvalue weighted by Gasteiger charge is -2.26. The summed E-state index contributed by atoms with van der Waals surface area (Å²) >= 11 is 1.87. The van der Waals surface area contributed by atoms with Crippen LogP contribution in [0.4, 0.5) is 17.1 Å². The minimum atomic E-state index is 0.915. The highest BCUT2D eigenvalue weighted by atomic mass is 32.1. The molecule has 0 fully saturated rings. The SMILES string of the molecule is c1ccc(-c2ccc(N(c3ccc(-c4cccc5c4oc4c6ccccc6ccc54)cc3)c3cccc(-c4cccc5c4sc4ccccc45)c3)cc2)cc1. The van der Waals surface area contributed by atoms with Crippen molar-refractivity contribution in [2.24, 2.45) is 0 Å². The standard InChI is InChI=1S/C52H33NOS/c1-2-11-34(12-3-1)35-23-28-39(29-24-35)53(41-15-8-14-38(33-41)44-19-10-21-48-45-17-6-7-22-49(45)55-52(44)48)40-30-25-37(26-31-40)43-18-9-20-46-47-32-27-36-13-4-5-16-42(36)51(47)54-50(43)46/h1-33H. The molecule has 11 rings (SSSR count). The zero-order chi connectivity index (χ0) is 36.3. The van der Waals surface area contributed by atoms with E-state index >= 15 is 0 Å². The van der Waals surface area contributed by atoms with Gasteiger partial charge in [-0.05, 0) is 81.7 Å². The van der Waals surface area contributed by atoms with Crippen molar-refractivity contribution < 1.29 is 4.42 Å². The van der Waals surface area contributed by atoms with Gasteiger partial charge in [-0.25, -0.2) is 0 Å². The maximum absolute atomic E-state index is 6.71. The quantitative estimate of drug-likeness (QED) is 0.170. The first-order valence-electron chi connectivity index (χ1n) is 18.7. The number of anilines is 3. The van der Waals surface area contributed by atoms with Crippen molar-refractivity contribution in [3.05, 3.63) is 200 Å². The minimum absolute atomic E-state index is 0.915. The highest BCUT2D eigenvalue weighted by Crippen LogP contribution is 2.44. The van der Waals surface area contributed by atoms with Crippen molar-refractivity contribution in [3.63, 3.8) is 0 Å². The molecule has 0 bridgehead atoms. The van der Waals surface area contributed by atoms with E-state index < -0.39 is 0 Å². The van der Waals surface area contributed by atoms with Gasteiger partial charge in [0.15, 0.2) is 0 Å². The number of rotatable bonds is 6. The van der Waals surface area contributed by atoms with Crippen LogP contribution in [-0.4, -0.2) is 0 Å². The van der Waals surface area contributed by atoms with Gasteiger partial charge in [-0.15, -0.1) is 11.3 Å². The topological polar surface area (TPSA) is 16.4 Å². The van der Waals surface area contributed by atoms with Crippen LogP contribution in [0.2, 0.25) is 0 Å². The summed E-state index contributed by atoms with van der Waals surface area (Å²) in [4.78, 5) is 2.36. The van der Waals surface area contributed by atoms with Gasteiger partial charge >= 0.3 is 0 Å². The van der Waals surface area contributed by atoms with Gasteiger partial charge in [-0.1, -0.05) is 152 Å². The van der Waals surface area contributed by atoms with E-state index in [9.17, 15) is 0 Å². The van der Waals surface area contributed by atoms with Gasteiger partial charge in [0.05, 0.1) is 0 Å². The van der Waals surface area contributed by atoms with E-state index in [1.807, 2.05) is 11.3 Å². The van der Waals surface area contributed by atoms with Gasteiger partial charge in [0, 0.05) is 59.0 Å². The Hall–Kier alpha value is -6.94. The molecule has 0 aliphatic carbocycles. The van der Waals surface area contributed by atoms with Crippen LogP contribution in [0.1, 0.15) is 0 Å². The third-order valence-electron chi connectivity index (χ3n) is 10.9. The molecule has 2 nitrogen and oxygen atoms in total. The molecule has 0 aliphatic rings. The summed E-state index contributed by atoms with van der Waals surface area (Å²) in [5.41, 5.74) is 12.2. The second-order valence-corrected chi connectivity index (χ2v) is 15.1. The lowest BCUT2D eigenvalue weighted by molar-refractivity contribution is 0.674. The van der Waals surface area contributed by atoms with E-state index in [-0.39, 0.29) is 0 Å². The smallest absolute Gasteiger partial charge is 0.143 e. The maximum Gasteiger partial charge on any atom is 0.143 e. The zero-order valence-electron chi connectivity index (χ0n) is 29.8. The molecule has 0 saturated heterocycles. The summed E-state index contributed by atoms with van der Waals surface area (Å²) in [5, 5.41) is 7.21. The predicted molar refractivity (Wildman–Crippen MR) is 235 cm³/mol. The first-order valence-corrected chi connectivity index (χ1v) is 19.5. The normalized spacial score (nSPS) is 11.6. The van der Waals surface area contributed by atoms with Gasteiger partial charge < -0.3 is 9.32 Å². The molecule has 0 radical (unpaired) electrons. The van der Waals surface area contributed by atoms with Crippen LogP contribution in [0, 0.1) is 0 Å². The van der Waals surface area contributed by atoms with Crippen LogP contribution in [0.25, 0.3) is 86.3 Å². The molecule has 55 heavy (non-hydrogen) atoms. The van der Waals surface area contributed by atoms with E-state index in [4.69, 9.17) is 4.42 Å². The van der Waals surface area contributed by atoms with Crippen LogP contribution in [0.15, 0.2) is 205 Å². The zero-order valence-corrected chi connectivity index (χ0v) is 30.6. The predicted octanol–water partition coefficient (Wildman–Crippen LogP) is 15.6. The summed E-state index contributed by atoms with van der Waals surface area (Å²) in [6.07, 6.45) is 0. The Kier molecular flexibility index (Phi) is 7.39. The van der Waals surface area contributed by atoms with Gasteiger partial charge in [-0.2, -0.15) is 0 Å². The van der Waals surface area contributed by atoms with Crippen molar-refractivity contribution in [1.82, 2.24) is 0 Å². The molecular weight excluding hydrogens is 687 g/mol. The van der Waals surface area contributed by atoms with Crippen LogP contribution in [0.3, 0.4) is 0 Å². The third-order valence-corrected chi connectivity index (χ3v) is 12.1. The molecule has 0 N–H and O–H groups in total. The van der Waals surface area contributed by atoms with Crippen LogP contribution >= 0.6 is 11.3 Å². The van der Waals surface area contributed by atoms with E-state index in [0.29, 0.717) is 0 Å². The fourth-order valence-electron chi connectivity index (χ4n) is 8.21. The summed E-state index contributed by atoms with van der Waals surface area (Å²) in [6.45, 7) is 0. The van der Waals surface area contributed by atoms with E-state index in [1.54, 1.807) is 0 Å². The van der Waals surface area contributed by atoms with Crippen molar-refractivity contribution in [2.45, 2.75) is 0 Å². The molecule has 0 unspecified atom stereocenters. The molecule has 2 aromatic heterocycles. The molecule has 2 heterocycles. The van der Waals surface area contributed by atoms with Crippen molar-refractivity contribution in [1.29, 1.82) is 0 Å². The van der Waals surface area contributed by atoms with Crippen molar-refractivity contribution in [2.75, 3.05) is 4.90 Å². The third kappa shape index (κ3) is 5.32. The number of furan rings is 1. The van der Waals surface area contributed by atoms with E-state index in [0.717, 1.165) is 55.5 Å². The highest BCUT2D eigenvalue weighted by molar-refractivity contribution is 7.26. The molecule has 3 heteroatoms. The number of para-hydroxylation sites is 1. The average molecular weight is 720 g/mol. The first kappa shape index (κ1) is 31.6. The van der Waals surface area contributed by atoms with E-state index in [1.165, 1.54) is 47.8 Å². The van der Waals surface area contributed by atoms with Gasteiger partial charge in [-0.3, -0.25) is 0 Å². The number of thiophene rings is 1. The Morgan fingerprint density at radius 2 is 0.945 bits per heavy atom. The number of fused-ring (bicyclic) bond motifs is 8. The fourth-order valence-corrected chi connectivity index (χ4v) is 9.45.